The van der Waals surface area contributed by atoms with E-state index in [1.54, 1.807) is 46.8 Å². The van der Waals surface area contributed by atoms with Crippen LogP contribution in [0.15, 0.2) is 147 Å². The van der Waals surface area contributed by atoms with Crippen LogP contribution in [-0.4, -0.2) is 69.5 Å². The lowest BCUT2D eigenvalue weighted by Crippen LogP contribution is -2.16. The third-order valence-corrected chi connectivity index (χ3v) is 19.7. The number of carbonyl (C=O) groups is 5. The lowest BCUT2D eigenvalue weighted by atomic mass is 9.95. The summed E-state index contributed by atoms with van der Waals surface area (Å²) in [6.45, 7) is 9.32. The molecule has 4 unspecified atom stereocenters. The van der Waals surface area contributed by atoms with Crippen LogP contribution in [0.1, 0.15) is 99.3 Å². The fraction of sp³-hybridized carbons (Fsp3) is 0.302. The molecule has 3 aliphatic rings. The highest BCUT2D eigenvalue weighted by Gasteiger charge is 2.49. The lowest BCUT2D eigenvalue weighted by Gasteiger charge is -2.34. The molecule has 19 nitrogen and oxygen atoms in total. The monoisotopic (exact) mass is 1080 g/mol. The minimum atomic E-state index is -4.48. The molecule has 0 N–H and O–H groups in total. The van der Waals surface area contributed by atoms with Crippen LogP contribution in [0.4, 0.5) is 0 Å². The van der Waals surface area contributed by atoms with E-state index in [0.717, 1.165) is 12.8 Å². The summed E-state index contributed by atoms with van der Waals surface area (Å²) in [6, 6.07) is 30.3. The molecular formula is C53H56N3O16P3. The van der Waals surface area contributed by atoms with E-state index in [1.807, 2.05) is 0 Å². The summed E-state index contributed by atoms with van der Waals surface area (Å²) in [5.74, 6) is -1.66. The first-order valence-corrected chi connectivity index (χ1v) is 28.9. The van der Waals surface area contributed by atoms with Gasteiger partial charge in [-0.1, -0.05) is 16.7 Å². The second-order valence-corrected chi connectivity index (χ2v) is 23.0. The summed E-state index contributed by atoms with van der Waals surface area (Å²) in [5, 5.41) is 0. The number of nitrogens with zero attached hydrogens (tertiary/aromatic N) is 3. The predicted molar refractivity (Wildman–Crippen MR) is 278 cm³/mol. The van der Waals surface area contributed by atoms with Gasteiger partial charge in [0.25, 0.3) is 0 Å². The molecule has 0 amide bonds. The van der Waals surface area contributed by atoms with Crippen LogP contribution in [-0.2, 0) is 28.2 Å². The second kappa shape index (κ2) is 24.5. The van der Waals surface area contributed by atoms with Crippen molar-refractivity contribution < 1.29 is 74.8 Å². The quantitative estimate of drug-likeness (QED) is 0.0257. The Labute approximate surface area is 434 Å². The predicted octanol–water partition coefficient (Wildman–Crippen LogP) is 13.3. The van der Waals surface area contributed by atoms with Crippen LogP contribution < -0.4 is 22.6 Å². The third-order valence-electron chi connectivity index (χ3n) is 11.5. The van der Waals surface area contributed by atoms with E-state index in [4.69, 9.17) is 64.4 Å². The van der Waals surface area contributed by atoms with Crippen LogP contribution in [0.25, 0.3) is 0 Å². The number of allylic oxidation sites excluding steroid dienone is 2. The largest absolute Gasteiger partial charge is 0.462 e. The van der Waals surface area contributed by atoms with E-state index < -0.39 is 52.8 Å². The smallest absolute Gasteiger partial charge is 0.460 e. The van der Waals surface area contributed by atoms with Crippen molar-refractivity contribution in [2.75, 3.05) is 39.6 Å². The van der Waals surface area contributed by atoms with Crippen molar-refractivity contribution in [2.45, 2.75) is 47.5 Å². The number of hydrogen-bond donors (Lipinski definition) is 0. The van der Waals surface area contributed by atoms with Gasteiger partial charge < -0.3 is 46.3 Å². The van der Waals surface area contributed by atoms with Gasteiger partial charge in [-0.25, -0.2) is 24.0 Å². The molecule has 0 spiro atoms. The van der Waals surface area contributed by atoms with Gasteiger partial charge in [-0.15, -0.1) is 9.03 Å². The molecule has 2 bridgehead atoms. The van der Waals surface area contributed by atoms with Crippen molar-refractivity contribution >= 4 is 52.8 Å². The molecule has 0 radical (unpaired) electrons. The number of esters is 5. The molecular weight excluding hydrogens is 1030 g/mol. The van der Waals surface area contributed by atoms with E-state index in [9.17, 15) is 24.0 Å². The Hall–Kier alpha value is -7.16. The Bertz CT molecular complexity index is 2810. The standard InChI is InChI=1S/C53H56N3O16P3/c1-6-62-49(57)37-13-23-44(24-14-37)68-73(67-35-43-34-36-11-12-42(43)33-36)54-74(69-45-25-15-38(16-26-45)50(58)63-7-2,70-46-27-17-39(18-28-46)51(59)64-8-3)56-75(55-73,71-47-29-19-40(20-30-47)52(60)65-9-4)72-48-31-21-41(22-32-48)53(61)66-10-5/h11-32,36,42-43H,6-10,33-35H2,1-5H3. The minimum Gasteiger partial charge on any atom is -0.462 e. The van der Waals surface area contributed by atoms with E-state index in [1.165, 1.54) is 109 Å². The van der Waals surface area contributed by atoms with Crippen LogP contribution >= 0.6 is 23.0 Å². The van der Waals surface area contributed by atoms with Gasteiger partial charge in [0.1, 0.15) is 28.7 Å². The Morgan fingerprint density at radius 3 is 0.907 bits per heavy atom. The summed E-state index contributed by atoms with van der Waals surface area (Å²) in [6.07, 6.45) is 6.15. The number of rotatable bonds is 23. The Morgan fingerprint density at radius 1 is 0.387 bits per heavy atom. The van der Waals surface area contributed by atoms with Crippen molar-refractivity contribution in [1.29, 1.82) is 0 Å². The highest BCUT2D eigenvalue weighted by Crippen LogP contribution is 2.79. The van der Waals surface area contributed by atoms with Gasteiger partial charge in [-0.05, 0) is 187 Å². The van der Waals surface area contributed by atoms with Gasteiger partial charge in [-0.2, -0.15) is 0 Å². The third kappa shape index (κ3) is 13.6. The molecule has 4 atom stereocenters. The number of hydrogen-bond acceptors (Lipinski definition) is 19. The van der Waals surface area contributed by atoms with Gasteiger partial charge in [0.05, 0.1) is 67.5 Å². The molecule has 1 aliphatic heterocycles. The summed E-state index contributed by atoms with van der Waals surface area (Å²) < 4.78 is 83.7. The van der Waals surface area contributed by atoms with E-state index in [0.29, 0.717) is 5.92 Å². The van der Waals surface area contributed by atoms with Crippen molar-refractivity contribution in [3.05, 3.63) is 161 Å². The molecule has 1 fully saturated rings. The SMILES string of the molecule is CCOC(=O)c1ccc(OP2(OCC3CC4C=CC3C4)=NP(Oc3ccc(C(=O)OCC)cc3)(Oc3ccc(C(=O)OCC)cc3)=NP(Oc3ccc(C(=O)OCC)cc3)(Oc3ccc(C(=O)OCC)cc3)=N2)cc1. The Morgan fingerprint density at radius 2 is 0.653 bits per heavy atom. The van der Waals surface area contributed by atoms with E-state index >= 15 is 0 Å². The molecule has 2 aliphatic carbocycles. The molecule has 0 saturated heterocycles. The topological polar surface area (TPSA) is 224 Å². The number of benzene rings is 5. The fourth-order valence-corrected chi connectivity index (χ4v) is 17.3. The van der Waals surface area contributed by atoms with Crippen molar-refractivity contribution in [3.8, 4) is 28.7 Å². The molecule has 22 heteroatoms. The maximum Gasteiger partial charge on any atom is 0.460 e. The minimum absolute atomic E-state index is 0.0109. The van der Waals surface area contributed by atoms with Crippen LogP contribution in [0.5, 0.6) is 28.7 Å². The lowest BCUT2D eigenvalue weighted by molar-refractivity contribution is 0.0516. The zero-order valence-corrected chi connectivity index (χ0v) is 44.5. The van der Waals surface area contributed by atoms with Gasteiger partial charge in [-0.3, -0.25) is 4.52 Å². The van der Waals surface area contributed by atoms with E-state index in [-0.39, 0.29) is 108 Å². The first-order valence-electron chi connectivity index (χ1n) is 24.4. The molecule has 0 aromatic heterocycles. The van der Waals surface area contributed by atoms with Gasteiger partial charge in [0.2, 0.25) is 0 Å². The maximum atomic E-state index is 12.9. The fourth-order valence-electron chi connectivity index (χ4n) is 8.08. The molecule has 75 heavy (non-hydrogen) atoms. The molecule has 5 aromatic carbocycles. The van der Waals surface area contributed by atoms with Crippen molar-refractivity contribution in [1.82, 2.24) is 0 Å². The average molecular weight is 1080 g/mol. The van der Waals surface area contributed by atoms with Gasteiger partial charge in [0, 0.05) is 0 Å². The zero-order valence-electron chi connectivity index (χ0n) is 41.8. The van der Waals surface area contributed by atoms with Gasteiger partial charge >= 0.3 is 52.8 Å². The summed E-state index contributed by atoms with van der Waals surface area (Å²) in [4.78, 5) is 64.3. The zero-order chi connectivity index (χ0) is 53.0. The first kappa shape index (κ1) is 54.1. The summed E-state index contributed by atoms with van der Waals surface area (Å²) in [5.41, 5.74) is 1.15. The second-order valence-electron chi connectivity index (χ2n) is 16.8. The molecule has 1 heterocycles. The van der Waals surface area contributed by atoms with Crippen LogP contribution in [0, 0.1) is 17.8 Å². The highest BCUT2D eigenvalue weighted by atomic mass is 31.3. The average Bonchev–Trinajstić information content (AvgIpc) is 4.04. The number of fused-ring (bicyclic) bond motifs is 2. The summed E-state index contributed by atoms with van der Waals surface area (Å²) >= 11 is 0. The van der Waals surface area contributed by atoms with Crippen LogP contribution in [0.2, 0.25) is 0 Å². The first-order chi connectivity index (χ1) is 36.3. The Kier molecular flexibility index (Phi) is 17.6. The van der Waals surface area contributed by atoms with E-state index in [2.05, 4.69) is 12.2 Å². The molecule has 8 rings (SSSR count). The normalized spacial score (nSPS) is 19.4. The van der Waals surface area contributed by atoms with Gasteiger partial charge in [0.15, 0.2) is 0 Å². The van der Waals surface area contributed by atoms with Crippen molar-refractivity contribution in [3.63, 3.8) is 0 Å². The molecule has 1 saturated carbocycles. The number of ether oxygens (including phenoxy) is 5. The highest BCUT2D eigenvalue weighted by molar-refractivity contribution is 7.79. The maximum absolute atomic E-state index is 12.9. The van der Waals surface area contributed by atoms with Crippen LogP contribution in [0.3, 0.4) is 0 Å². The van der Waals surface area contributed by atoms with Crippen molar-refractivity contribution in [2.24, 2.45) is 31.3 Å². The molecule has 5 aromatic rings. The number of carbonyl (C=O) groups excluding carboxylic acids is 5. The molecule has 394 valence electrons. The Balaban J connectivity index is 1.39. The summed E-state index contributed by atoms with van der Waals surface area (Å²) in [7, 11) is -13.3.